The number of benzene rings is 2. The van der Waals surface area contributed by atoms with Crippen LogP contribution in [0.1, 0.15) is 12.8 Å². The average molecular weight is 465 g/mol. The summed E-state index contributed by atoms with van der Waals surface area (Å²) in [6.07, 6.45) is 1.86. The Hall–Kier alpha value is -4.08. The van der Waals surface area contributed by atoms with E-state index >= 15 is 0 Å². The van der Waals surface area contributed by atoms with E-state index in [-0.39, 0.29) is 12.1 Å². The number of piperazine rings is 1. The molecule has 2 aliphatic rings. The minimum Gasteiger partial charge on any atom is -0.334 e. The topological polar surface area (TPSA) is 114 Å². The smallest absolute Gasteiger partial charge is 0.323 e. The van der Waals surface area contributed by atoms with E-state index in [1.165, 1.54) is 4.90 Å². The van der Waals surface area contributed by atoms with Gasteiger partial charge in [-0.2, -0.15) is 0 Å². The van der Waals surface area contributed by atoms with Gasteiger partial charge in [0.2, 0.25) is 0 Å². The first kappa shape index (κ1) is 23.1. The quantitative estimate of drug-likeness (QED) is 0.606. The Morgan fingerprint density at radius 2 is 1.06 bits per heavy atom. The molecule has 178 valence electrons. The van der Waals surface area contributed by atoms with Gasteiger partial charge in [0.05, 0.1) is 0 Å². The normalized spacial score (nSPS) is 15.6. The largest absolute Gasteiger partial charge is 0.334 e. The molecule has 2 aliphatic heterocycles. The summed E-state index contributed by atoms with van der Waals surface area (Å²) < 4.78 is 0. The van der Waals surface area contributed by atoms with Gasteiger partial charge in [-0.15, -0.1) is 0 Å². The number of nitrogens with zero attached hydrogens (tertiary/aromatic N) is 3. The number of urea groups is 2. The third-order valence-corrected chi connectivity index (χ3v) is 5.83. The van der Waals surface area contributed by atoms with Crippen molar-refractivity contribution in [3.05, 3.63) is 54.6 Å². The lowest BCUT2D eigenvalue weighted by Gasteiger charge is -2.34. The van der Waals surface area contributed by atoms with Crippen LogP contribution in [0.4, 0.5) is 26.7 Å². The summed E-state index contributed by atoms with van der Waals surface area (Å²) in [6, 6.07) is 15.2. The van der Waals surface area contributed by atoms with Crippen molar-refractivity contribution >= 4 is 40.9 Å². The molecule has 34 heavy (non-hydrogen) atoms. The van der Waals surface area contributed by atoms with Crippen LogP contribution in [0.5, 0.6) is 0 Å². The summed E-state index contributed by atoms with van der Waals surface area (Å²) in [5, 5.41) is 8.30. The van der Waals surface area contributed by atoms with Gasteiger partial charge in [0, 0.05) is 56.3 Å². The van der Waals surface area contributed by atoms with E-state index < -0.39 is 11.8 Å². The Bertz CT molecular complexity index is 1050. The second-order valence-electron chi connectivity index (χ2n) is 8.23. The van der Waals surface area contributed by atoms with Crippen molar-refractivity contribution in [1.29, 1.82) is 0 Å². The zero-order chi connectivity index (χ0) is 23.9. The Morgan fingerprint density at radius 1 is 0.559 bits per heavy atom. The highest BCUT2D eigenvalue weighted by atomic mass is 16.2. The van der Waals surface area contributed by atoms with Crippen LogP contribution in [0.2, 0.25) is 0 Å². The summed E-state index contributed by atoms with van der Waals surface area (Å²) in [6.45, 7) is 2.56. The van der Waals surface area contributed by atoms with Crippen LogP contribution in [-0.2, 0) is 9.59 Å². The number of nitrogens with one attached hydrogen (secondary N) is 3. The standard InChI is InChI=1S/C24H28N6O4/c31-21(28-11-4-5-12-28)22(32)29-13-15-30(16-14-29)24(34)27-20-10-6-9-19(17-20)26-23(33)25-18-7-2-1-3-8-18/h1-3,6-10,17H,4-5,11-16H2,(H,27,34)(H2,25,26,33). The number of amides is 6. The predicted octanol–water partition coefficient (Wildman–Crippen LogP) is 2.63. The molecule has 0 spiro atoms. The molecule has 10 heteroatoms. The summed E-state index contributed by atoms with van der Waals surface area (Å²) in [5.74, 6) is -0.939. The first-order chi connectivity index (χ1) is 16.5. The maximum atomic E-state index is 12.7. The summed E-state index contributed by atoms with van der Waals surface area (Å²) in [7, 11) is 0. The van der Waals surface area contributed by atoms with Crippen molar-refractivity contribution in [2.45, 2.75) is 12.8 Å². The molecule has 2 aromatic carbocycles. The predicted molar refractivity (Wildman–Crippen MR) is 129 cm³/mol. The lowest BCUT2D eigenvalue weighted by Crippen LogP contribution is -2.54. The van der Waals surface area contributed by atoms with Crippen LogP contribution in [-0.4, -0.2) is 77.8 Å². The van der Waals surface area contributed by atoms with E-state index in [1.54, 1.807) is 46.2 Å². The molecular formula is C24H28N6O4. The van der Waals surface area contributed by atoms with Crippen LogP contribution in [0.25, 0.3) is 0 Å². The van der Waals surface area contributed by atoms with Crippen molar-refractivity contribution in [2.75, 3.05) is 55.2 Å². The fourth-order valence-corrected chi connectivity index (χ4v) is 4.00. The molecule has 0 unspecified atom stereocenters. The van der Waals surface area contributed by atoms with Crippen LogP contribution in [0.15, 0.2) is 54.6 Å². The van der Waals surface area contributed by atoms with Gasteiger partial charge in [0.1, 0.15) is 0 Å². The Kier molecular flexibility index (Phi) is 7.26. The zero-order valence-electron chi connectivity index (χ0n) is 18.8. The zero-order valence-corrected chi connectivity index (χ0v) is 18.8. The van der Waals surface area contributed by atoms with Gasteiger partial charge in [0.15, 0.2) is 0 Å². The van der Waals surface area contributed by atoms with Crippen molar-refractivity contribution in [3.63, 3.8) is 0 Å². The fourth-order valence-electron chi connectivity index (χ4n) is 4.00. The van der Waals surface area contributed by atoms with E-state index in [2.05, 4.69) is 16.0 Å². The molecule has 0 aromatic heterocycles. The molecule has 10 nitrogen and oxygen atoms in total. The van der Waals surface area contributed by atoms with Crippen LogP contribution in [0, 0.1) is 0 Å². The lowest BCUT2D eigenvalue weighted by molar-refractivity contribution is -0.152. The Morgan fingerprint density at radius 3 is 1.71 bits per heavy atom. The number of carbonyl (C=O) groups is 4. The maximum Gasteiger partial charge on any atom is 0.323 e. The first-order valence-corrected chi connectivity index (χ1v) is 11.4. The number of carbonyl (C=O) groups excluding carboxylic acids is 4. The number of hydrogen-bond donors (Lipinski definition) is 3. The third-order valence-electron chi connectivity index (χ3n) is 5.83. The van der Waals surface area contributed by atoms with Gasteiger partial charge < -0.3 is 30.7 Å². The van der Waals surface area contributed by atoms with E-state index in [4.69, 9.17) is 0 Å². The minimum absolute atomic E-state index is 0.302. The van der Waals surface area contributed by atoms with Gasteiger partial charge >= 0.3 is 23.9 Å². The second-order valence-corrected chi connectivity index (χ2v) is 8.23. The monoisotopic (exact) mass is 464 g/mol. The number of rotatable bonds is 3. The Balaban J connectivity index is 1.26. The molecule has 2 heterocycles. The SMILES string of the molecule is O=C(Nc1ccccc1)Nc1cccc(NC(=O)N2CCN(C(=O)C(=O)N3CCCC3)CC2)c1. The fraction of sp³-hybridized carbons (Fsp3) is 0.333. The van der Waals surface area contributed by atoms with Gasteiger partial charge in [-0.1, -0.05) is 24.3 Å². The highest BCUT2D eigenvalue weighted by molar-refractivity contribution is 6.35. The summed E-state index contributed by atoms with van der Waals surface area (Å²) >= 11 is 0. The molecule has 4 rings (SSSR count). The first-order valence-electron chi connectivity index (χ1n) is 11.4. The van der Waals surface area contributed by atoms with Crippen molar-refractivity contribution in [2.24, 2.45) is 0 Å². The number of para-hydroxylation sites is 1. The molecule has 2 fully saturated rings. The van der Waals surface area contributed by atoms with E-state index in [0.717, 1.165) is 12.8 Å². The molecule has 0 atom stereocenters. The van der Waals surface area contributed by atoms with Crippen LogP contribution >= 0.6 is 0 Å². The molecule has 6 amide bonds. The average Bonchev–Trinajstić information content (AvgIpc) is 3.39. The molecule has 2 saturated heterocycles. The molecular weight excluding hydrogens is 436 g/mol. The third kappa shape index (κ3) is 5.83. The number of hydrogen-bond acceptors (Lipinski definition) is 4. The van der Waals surface area contributed by atoms with E-state index in [0.29, 0.717) is 56.3 Å². The maximum absolute atomic E-state index is 12.7. The molecule has 3 N–H and O–H groups in total. The lowest BCUT2D eigenvalue weighted by atomic mass is 10.2. The summed E-state index contributed by atoms with van der Waals surface area (Å²) in [4.78, 5) is 54.4. The van der Waals surface area contributed by atoms with Gasteiger partial charge in [0.25, 0.3) is 0 Å². The molecule has 0 saturated carbocycles. The van der Waals surface area contributed by atoms with Crippen molar-refractivity contribution in [3.8, 4) is 0 Å². The number of anilines is 3. The van der Waals surface area contributed by atoms with Crippen molar-refractivity contribution in [1.82, 2.24) is 14.7 Å². The van der Waals surface area contributed by atoms with Crippen molar-refractivity contribution < 1.29 is 19.2 Å². The molecule has 0 radical (unpaired) electrons. The highest BCUT2D eigenvalue weighted by Gasteiger charge is 2.31. The van der Waals surface area contributed by atoms with E-state index in [1.807, 2.05) is 18.2 Å². The molecule has 0 bridgehead atoms. The van der Waals surface area contributed by atoms with Crippen LogP contribution in [0.3, 0.4) is 0 Å². The molecule has 2 aromatic rings. The number of likely N-dealkylation sites (tertiary alicyclic amines) is 1. The van der Waals surface area contributed by atoms with E-state index in [9.17, 15) is 19.2 Å². The summed E-state index contributed by atoms with van der Waals surface area (Å²) in [5.41, 5.74) is 1.73. The van der Waals surface area contributed by atoms with Gasteiger partial charge in [-0.25, -0.2) is 9.59 Å². The van der Waals surface area contributed by atoms with Gasteiger partial charge in [-0.05, 0) is 43.2 Å². The minimum atomic E-state index is -0.491. The molecule has 0 aliphatic carbocycles. The van der Waals surface area contributed by atoms with Gasteiger partial charge in [-0.3, -0.25) is 9.59 Å². The Labute approximate surface area is 197 Å². The second kappa shape index (κ2) is 10.7. The van der Waals surface area contributed by atoms with Crippen LogP contribution < -0.4 is 16.0 Å². The highest BCUT2D eigenvalue weighted by Crippen LogP contribution is 2.17.